The number of benzene rings is 1. The van der Waals surface area contributed by atoms with Gasteiger partial charge in [-0.05, 0) is 60.9 Å². The van der Waals surface area contributed by atoms with Gasteiger partial charge in [0.25, 0.3) is 5.91 Å². The number of nitrogens with one attached hydrogen (secondary N) is 1. The summed E-state index contributed by atoms with van der Waals surface area (Å²) in [6, 6.07) is 9.88. The lowest BCUT2D eigenvalue weighted by Crippen LogP contribution is -2.41. The Kier molecular flexibility index (Phi) is 7.19. The zero-order valence-corrected chi connectivity index (χ0v) is 19.5. The number of rotatable bonds is 8. The molecule has 6 heteroatoms. The smallest absolute Gasteiger partial charge is 0.264 e. The Morgan fingerprint density at radius 2 is 1.90 bits per heavy atom. The molecule has 0 spiro atoms. The number of carbonyl (C=O) groups excluding carboxylic acids is 2. The van der Waals surface area contributed by atoms with Crippen molar-refractivity contribution in [1.82, 2.24) is 4.90 Å². The van der Waals surface area contributed by atoms with Gasteiger partial charge < -0.3 is 15.1 Å². The van der Waals surface area contributed by atoms with Crippen molar-refractivity contribution >= 4 is 34.5 Å². The fraction of sp³-hybridized carbons (Fsp3) is 0.500. The molecule has 1 N–H and O–H groups in total. The molecule has 162 valence electrons. The van der Waals surface area contributed by atoms with Crippen LogP contribution in [0.2, 0.25) is 0 Å². The van der Waals surface area contributed by atoms with Crippen LogP contribution >= 0.6 is 11.3 Å². The third-order valence-corrected chi connectivity index (χ3v) is 6.95. The average molecular weight is 428 g/mol. The summed E-state index contributed by atoms with van der Waals surface area (Å²) < 4.78 is 0. The lowest BCUT2D eigenvalue weighted by Gasteiger charge is -2.33. The van der Waals surface area contributed by atoms with E-state index in [-0.39, 0.29) is 23.8 Å². The molecule has 1 aromatic heterocycles. The van der Waals surface area contributed by atoms with Gasteiger partial charge in [-0.2, -0.15) is 0 Å². The number of hydrogen-bond acceptors (Lipinski definition) is 4. The van der Waals surface area contributed by atoms with Crippen LogP contribution < -0.4 is 10.2 Å². The summed E-state index contributed by atoms with van der Waals surface area (Å²) in [5, 5.41) is 5.01. The van der Waals surface area contributed by atoms with Gasteiger partial charge in [0, 0.05) is 44.0 Å². The minimum Gasteiger partial charge on any atom is -0.377 e. The van der Waals surface area contributed by atoms with E-state index in [0.29, 0.717) is 12.5 Å². The summed E-state index contributed by atoms with van der Waals surface area (Å²) in [7, 11) is 4.01. The predicted molar refractivity (Wildman–Crippen MR) is 125 cm³/mol. The van der Waals surface area contributed by atoms with Gasteiger partial charge in [0.15, 0.2) is 0 Å². The first-order chi connectivity index (χ1) is 14.3. The van der Waals surface area contributed by atoms with Crippen LogP contribution in [0.4, 0.5) is 11.4 Å². The maximum atomic E-state index is 13.3. The van der Waals surface area contributed by atoms with Crippen LogP contribution in [-0.2, 0) is 11.3 Å². The first kappa shape index (κ1) is 22.3. The second kappa shape index (κ2) is 9.65. The van der Waals surface area contributed by atoms with Crippen molar-refractivity contribution in [3.05, 3.63) is 46.2 Å². The van der Waals surface area contributed by atoms with Gasteiger partial charge in [0.1, 0.15) is 0 Å². The molecule has 2 aromatic rings. The summed E-state index contributed by atoms with van der Waals surface area (Å²) >= 11 is 1.47. The predicted octanol–water partition coefficient (Wildman–Crippen LogP) is 5.24. The number of amides is 2. The zero-order valence-electron chi connectivity index (χ0n) is 18.6. The van der Waals surface area contributed by atoms with Crippen molar-refractivity contribution in [3.63, 3.8) is 0 Å². The molecule has 1 aromatic carbocycles. The number of thiophene rings is 1. The third-order valence-electron chi connectivity index (χ3n) is 6.09. The lowest BCUT2D eigenvalue weighted by molar-refractivity contribution is -0.122. The van der Waals surface area contributed by atoms with Crippen LogP contribution in [0.3, 0.4) is 0 Å². The van der Waals surface area contributed by atoms with Crippen LogP contribution in [0, 0.1) is 11.8 Å². The monoisotopic (exact) mass is 427 g/mol. The van der Waals surface area contributed by atoms with Crippen molar-refractivity contribution in [3.8, 4) is 0 Å². The van der Waals surface area contributed by atoms with E-state index in [2.05, 4.69) is 31.0 Å². The molecule has 3 rings (SSSR count). The van der Waals surface area contributed by atoms with E-state index < -0.39 is 0 Å². The Morgan fingerprint density at radius 1 is 1.17 bits per heavy atom. The van der Waals surface area contributed by atoms with Gasteiger partial charge >= 0.3 is 0 Å². The van der Waals surface area contributed by atoms with E-state index in [4.69, 9.17) is 0 Å². The minimum absolute atomic E-state index is 0.0554. The summed E-state index contributed by atoms with van der Waals surface area (Å²) in [4.78, 5) is 30.5. The molecule has 0 radical (unpaired) electrons. The summed E-state index contributed by atoms with van der Waals surface area (Å²) in [5.74, 6) is 0.629. The Balaban J connectivity index is 1.90. The lowest BCUT2D eigenvalue weighted by atomic mass is 9.85. The molecule has 1 aliphatic carbocycles. The van der Waals surface area contributed by atoms with Crippen LogP contribution in [0.25, 0.3) is 0 Å². The Bertz CT molecular complexity index is 873. The maximum Gasteiger partial charge on any atom is 0.264 e. The Morgan fingerprint density at radius 3 is 2.43 bits per heavy atom. The summed E-state index contributed by atoms with van der Waals surface area (Å²) in [5.41, 5.74) is 2.88. The van der Waals surface area contributed by atoms with Gasteiger partial charge in [0.2, 0.25) is 5.91 Å². The average Bonchev–Trinajstić information content (AvgIpc) is 3.18. The van der Waals surface area contributed by atoms with Crippen LogP contribution in [0.1, 0.15) is 55.3 Å². The highest BCUT2D eigenvalue weighted by Gasteiger charge is 2.27. The molecular weight excluding hydrogens is 394 g/mol. The minimum atomic E-state index is 0.0554. The van der Waals surface area contributed by atoms with E-state index in [1.807, 2.05) is 54.7 Å². The first-order valence-corrected chi connectivity index (χ1v) is 11.6. The van der Waals surface area contributed by atoms with Crippen molar-refractivity contribution in [2.75, 3.05) is 24.3 Å². The molecule has 0 aliphatic heterocycles. The molecule has 1 fully saturated rings. The molecule has 5 nitrogen and oxygen atoms in total. The van der Waals surface area contributed by atoms with Gasteiger partial charge in [-0.25, -0.2) is 0 Å². The van der Waals surface area contributed by atoms with Gasteiger partial charge in [-0.1, -0.05) is 26.3 Å². The number of nitrogens with zero attached hydrogens (tertiary/aromatic N) is 2. The quantitative estimate of drug-likeness (QED) is 0.627. The standard InChI is InChI=1S/C24H33N3O2S/c1-16(2)17(3)27(24(29)22-10-7-13-30-22)15-19-14-20(11-12-21(19)26(4)5)25-23(28)18-8-6-9-18/h7,10-14,16-18H,6,8-9,15H2,1-5H3,(H,25,28)/t17-/m1/s1. The highest BCUT2D eigenvalue weighted by molar-refractivity contribution is 7.12. The third kappa shape index (κ3) is 5.04. The van der Waals surface area contributed by atoms with Crippen molar-refractivity contribution in [2.24, 2.45) is 11.8 Å². The molecular formula is C24H33N3O2S. The molecule has 1 atom stereocenters. The zero-order chi connectivity index (χ0) is 21.8. The van der Waals surface area contributed by atoms with Gasteiger partial charge in [-0.3, -0.25) is 9.59 Å². The van der Waals surface area contributed by atoms with E-state index in [0.717, 1.165) is 41.1 Å². The number of hydrogen-bond donors (Lipinski definition) is 1. The summed E-state index contributed by atoms with van der Waals surface area (Å²) in [6.45, 7) is 6.88. The van der Waals surface area contributed by atoms with Crippen molar-refractivity contribution in [1.29, 1.82) is 0 Å². The number of carbonyl (C=O) groups is 2. The van der Waals surface area contributed by atoms with E-state index in [9.17, 15) is 9.59 Å². The normalized spacial score (nSPS) is 14.9. The molecule has 1 heterocycles. The topological polar surface area (TPSA) is 52.7 Å². The van der Waals surface area contributed by atoms with Crippen LogP contribution in [0.15, 0.2) is 35.7 Å². The fourth-order valence-corrected chi connectivity index (χ4v) is 4.31. The molecule has 2 amide bonds. The molecule has 1 saturated carbocycles. The molecule has 0 bridgehead atoms. The second-order valence-corrected chi connectivity index (χ2v) is 9.70. The van der Waals surface area contributed by atoms with Gasteiger partial charge in [0.05, 0.1) is 4.88 Å². The Labute approximate surface area is 184 Å². The second-order valence-electron chi connectivity index (χ2n) is 8.75. The highest BCUT2D eigenvalue weighted by Crippen LogP contribution is 2.30. The summed E-state index contributed by atoms with van der Waals surface area (Å²) in [6.07, 6.45) is 3.09. The van der Waals surface area contributed by atoms with Gasteiger partial charge in [-0.15, -0.1) is 11.3 Å². The van der Waals surface area contributed by atoms with Crippen molar-refractivity contribution < 1.29 is 9.59 Å². The fourth-order valence-electron chi connectivity index (χ4n) is 3.63. The molecule has 30 heavy (non-hydrogen) atoms. The molecule has 1 aliphatic rings. The van der Waals surface area contributed by atoms with Crippen LogP contribution in [-0.4, -0.2) is 36.9 Å². The van der Waals surface area contributed by atoms with E-state index in [1.165, 1.54) is 11.3 Å². The number of anilines is 2. The maximum absolute atomic E-state index is 13.3. The Hall–Kier alpha value is -2.34. The SMILES string of the molecule is CC(C)[C@@H](C)N(Cc1cc(NC(=O)C2CCC2)ccc1N(C)C)C(=O)c1cccs1. The molecule has 0 saturated heterocycles. The van der Waals surface area contributed by atoms with Crippen LogP contribution in [0.5, 0.6) is 0 Å². The highest BCUT2D eigenvalue weighted by atomic mass is 32.1. The van der Waals surface area contributed by atoms with Crippen molar-refractivity contribution in [2.45, 2.75) is 52.6 Å². The van der Waals surface area contributed by atoms with E-state index >= 15 is 0 Å². The largest absolute Gasteiger partial charge is 0.377 e. The first-order valence-electron chi connectivity index (χ1n) is 10.7. The van der Waals surface area contributed by atoms with E-state index in [1.54, 1.807) is 0 Å². The molecule has 0 unspecified atom stereocenters.